The number of thiophene rings is 1. The van der Waals surface area contributed by atoms with Crippen molar-refractivity contribution in [3.8, 4) is 6.07 Å². The first kappa shape index (κ1) is 14.3. The van der Waals surface area contributed by atoms with E-state index in [-0.39, 0.29) is 17.9 Å². The summed E-state index contributed by atoms with van der Waals surface area (Å²) in [6.07, 6.45) is 3.34. The third-order valence-electron chi connectivity index (χ3n) is 2.71. The number of rotatable bonds is 3. The van der Waals surface area contributed by atoms with E-state index in [4.69, 9.17) is 5.26 Å². The van der Waals surface area contributed by atoms with Crippen LogP contribution < -0.4 is 5.32 Å². The molecule has 104 valence electrons. The third kappa shape index (κ3) is 3.25. The van der Waals surface area contributed by atoms with Gasteiger partial charge in [-0.15, -0.1) is 11.3 Å². The first-order chi connectivity index (χ1) is 9.40. The van der Waals surface area contributed by atoms with Gasteiger partial charge in [-0.2, -0.15) is 10.4 Å². The molecular weight excluding hydrogens is 272 g/mol. The van der Waals surface area contributed by atoms with Gasteiger partial charge in [-0.05, 0) is 17.5 Å². The van der Waals surface area contributed by atoms with Crippen LogP contribution in [-0.2, 0) is 16.8 Å². The lowest BCUT2D eigenvalue weighted by Crippen LogP contribution is -2.19. The Bertz CT molecular complexity index is 644. The molecule has 0 saturated carbocycles. The summed E-state index contributed by atoms with van der Waals surface area (Å²) in [6.45, 7) is 6.37. The Labute approximate surface area is 121 Å². The summed E-state index contributed by atoms with van der Waals surface area (Å²) in [5.74, 6) is -0.191. The van der Waals surface area contributed by atoms with Gasteiger partial charge < -0.3 is 5.32 Å². The Balaban J connectivity index is 2.15. The number of carbonyl (C=O) groups is 1. The minimum atomic E-state index is -0.191. The molecule has 0 fully saturated rings. The first-order valence-corrected chi connectivity index (χ1v) is 7.03. The van der Waals surface area contributed by atoms with Crippen LogP contribution in [0, 0.1) is 11.3 Å². The van der Waals surface area contributed by atoms with Crippen LogP contribution in [0.5, 0.6) is 0 Å². The molecule has 0 saturated heterocycles. The quantitative estimate of drug-likeness (QED) is 0.944. The summed E-state index contributed by atoms with van der Waals surface area (Å²) in [7, 11) is 0. The van der Waals surface area contributed by atoms with Crippen LogP contribution in [0.3, 0.4) is 0 Å². The number of nitriles is 1. The third-order valence-corrected chi connectivity index (χ3v) is 4.18. The number of hydrogen-bond acceptors (Lipinski definition) is 4. The number of aromatic nitrogens is 2. The molecule has 5 nitrogen and oxygen atoms in total. The van der Waals surface area contributed by atoms with Crippen LogP contribution in [0.25, 0.3) is 0 Å². The van der Waals surface area contributed by atoms with Gasteiger partial charge in [0, 0.05) is 17.3 Å². The Kier molecular flexibility index (Phi) is 3.91. The molecule has 0 aromatic carbocycles. The molecule has 2 heterocycles. The standard InChI is InChI=1S/C14H16N4OS/c1-14(2,3)12-7-10(11(8-15)20-12)17-13(19)9-18-6-4-5-16-18/h4-7H,9H2,1-3H3,(H,17,19). The predicted octanol–water partition coefficient (Wildman–Crippen LogP) is 2.75. The summed E-state index contributed by atoms with van der Waals surface area (Å²) in [5.41, 5.74) is 0.542. The van der Waals surface area contributed by atoms with E-state index in [0.29, 0.717) is 10.6 Å². The van der Waals surface area contributed by atoms with Crippen LogP contribution in [-0.4, -0.2) is 15.7 Å². The van der Waals surface area contributed by atoms with Gasteiger partial charge >= 0.3 is 0 Å². The van der Waals surface area contributed by atoms with E-state index >= 15 is 0 Å². The van der Waals surface area contributed by atoms with Crippen molar-refractivity contribution in [1.82, 2.24) is 9.78 Å². The Morgan fingerprint density at radius 3 is 2.85 bits per heavy atom. The second-order valence-corrected chi connectivity index (χ2v) is 6.52. The van der Waals surface area contributed by atoms with E-state index in [1.807, 2.05) is 6.07 Å². The highest BCUT2D eigenvalue weighted by Gasteiger charge is 2.20. The summed E-state index contributed by atoms with van der Waals surface area (Å²) in [4.78, 5) is 13.5. The summed E-state index contributed by atoms with van der Waals surface area (Å²) < 4.78 is 1.54. The fraction of sp³-hybridized carbons (Fsp3) is 0.357. The van der Waals surface area contributed by atoms with Gasteiger partial charge in [0.25, 0.3) is 0 Å². The lowest BCUT2D eigenvalue weighted by Gasteiger charge is -2.15. The highest BCUT2D eigenvalue weighted by molar-refractivity contribution is 7.13. The molecule has 20 heavy (non-hydrogen) atoms. The fourth-order valence-corrected chi connectivity index (χ4v) is 2.64. The van der Waals surface area contributed by atoms with Crippen molar-refractivity contribution < 1.29 is 4.79 Å². The van der Waals surface area contributed by atoms with Crippen LogP contribution in [0.1, 0.15) is 30.5 Å². The van der Waals surface area contributed by atoms with Crippen molar-refractivity contribution >= 4 is 22.9 Å². The minimum Gasteiger partial charge on any atom is -0.323 e. The van der Waals surface area contributed by atoms with E-state index in [1.165, 1.54) is 11.3 Å². The van der Waals surface area contributed by atoms with Gasteiger partial charge in [0.1, 0.15) is 17.5 Å². The van der Waals surface area contributed by atoms with Crippen molar-refractivity contribution in [2.24, 2.45) is 0 Å². The average molecular weight is 288 g/mol. The van der Waals surface area contributed by atoms with Crippen molar-refractivity contribution in [3.05, 3.63) is 34.3 Å². The van der Waals surface area contributed by atoms with Crippen LogP contribution in [0.15, 0.2) is 24.5 Å². The highest BCUT2D eigenvalue weighted by Crippen LogP contribution is 2.34. The summed E-state index contributed by atoms with van der Waals surface area (Å²) >= 11 is 1.42. The van der Waals surface area contributed by atoms with Gasteiger partial charge in [0.2, 0.25) is 5.91 Å². The van der Waals surface area contributed by atoms with Gasteiger partial charge in [0.15, 0.2) is 0 Å². The molecule has 0 radical (unpaired) electrons. The molecule has 0 bridgehead atoms. The number of amides is 1. The molecule has 0 aliphatic rings. The van der Waals surface area contributed by atoms with E-state index in [9.17, 15) is 4.79 Å². The maximum absolute atomic E-state index is 11.9. The molecule has 0 aliphatic heterocycles. The SMILES string of the molecule is CC(C)(C)c1cc(NC(=O)Cn2cccn2)c(C#N)s1. The molecule has 0 aliphatic carbocycles. The topological polar surface area (TPSA) is 70.7 Å². The van der Waals surface area contributed by atoms with Gasteiger partial charge in [-0.3, -0.25) is 9.48 Å². The second kappa shape index (κ2) is 5.47. The molecule has 2 rings (SSSR count). The van der Waals surface area contributed by atoms with Crippen molar-refractivity contribution in [2.45, 2.75) is 32.7 Å². The van der Waals surface area contributed by atoms with Crippen LogP contribution in [0.2, 0.25) is 0 Å². The maximum Gasteiger partial charge on any atom is 0.246 e. The van der Waals surface area contributed by atoms with E-state index in [2.05, 4.69) is 37.3 Å². The Morgan fingerprint density at radius 2 is 2.30 bits per heavy atom. The van der Waals surface area contributed by atoms with Crippen LogP contribution >= 0.6 is 11.3 Å². The zero-order valence-electron chi connectivity index (χ0n) is 11.7. The fourth-order valence-electron chi connectivity index (χ4n) is 1.67. The Hall–Kier alpha value is -2.13. The van der Waals surface area contributed by atoms with E-state index in [1.54, 1.807) is 23.1 Å². The van der Waals surface area contributed by atoms with E-state index < -0.39 is 0 Å². The molecule has 6 heteroatoms. The van der Waals surface area contributed by atoms with Crippen molar-refractivity contribution in [2.75, 3.05) is 5.32 Å². The minimum absolute atomic E-state index is 0.0404. The summed E-state index contributed by atoms with van der Waals surface area (Å²) in [5, 5.41) is 15.9. The smallest absolute Gasteiger partial charge is 0.246 e. The Morgan fingerprint density at radius 1 is 1.55 bits per heavy atom. The second-order valence-electron chi connectivity index (χ2n) is 5.47. The number of nitrogens with one attached hydrogen (secondary N) is 1. The molecule has 1 amide bonds. The number of hydrogen-bond donors (Lipinski definition) is 1. The van der Waals surface area contributed by atoms with Gasteiger partial charge in [0.05, 0.1) is 5.69 Å². The predicted molar refractivity (Wildman–Crippen MR) is 78.6 cm³/mol. The molecule has 0 atom stereocenters. The zero-order valence-corrected chi connectivity index (χ0v) is 12.5. The van der Waals surface area contributed by atoms with Gasteiger partial charge in [-0.25, -0.2) is 0 Å². The molecule has 2 aromatic rings. The number of nitrogens with zero attached hydrogens (tertiary/aromatic N) is 3. The van der Waals surface area contributed by atoms with Crippen molar-refractivity contribution in [3.63, 3.8) is 0 Å². The molecule has 1 N–H and O–H groups in total. The maximum atomic E-state index is 11.9. The molecule has 2 aromatic heterocycles. The van der Waals surface area contributed by atoms with Gasteiger partial charge in [-0.1, -0.05) is 20.8 Å². The first-order valence-electron chi connectivity index (χ1n) is 6.22. The lowest BCUT2D eigenvalue weighted by atomic mass is 9.94. The zero-order chi connectivity index (χ0) is 14.8. The largest absolute Gasteiger partial charge is 0.323 e. The van der Waals surface area contributed by atoms with Crippen LogP contribution in [0.4, 0.5) is 5.69 Å². The number of anilines is 1. The highest BCUT2D eigenvalue weighted by atomic mass is 32.1. The van der Waals surface area contributed by atoms with Crippen molar-refractivity contribution in [1.29, 1.82) is 5.26 Å². The summed E-state index contributed by atoms with van der Waals surface area (Å²) in [6, 6.07) is 5.77. The monoisotopic (exact) mass is 288 g/mol. The average Bonchev–Trinajstić information content (AvgIpc) is 2.97. The normalized spacial score (nSPS) is 11.1. The number of carbonyl (C=O) groups excluding carboxylic acids is 1. The van der Waals surface area contributed by atoms with E-state index in [0.717, 1.165) is 4.88 Å². The molecular formula is C14H16N4OS. The lowest BCUT2D eigenvalue weighted by molar-refractivity contribution is -0.116. The molecule has 0 spiro atoms. The molecule has 0 unspecified atom stereocenters.